The van der Waals surface area contributed by atoms with Crippen molar-refractivity contribution in [2.45, 2.75) is 46.6 Å². The van der Waals surface area contributed by atoms with E-state index in [-0.39, 0.29) is 0 Å². The van der Waals surface area contributed by atoms with E-state index in [1.165, 1.54) is 12.0 Å². The van der Waals surface area contributed by atoms with Crippen molar-refractivity contribution in [1.82, 2.24) is 0 Å². The summed E-state index contributed by atoms with van der Waals surface area (Å²) in [6.07, 6.45) is 2.28. The smallest absolute Gasteiger partial charge is 0.00413 e. The molecule has 0 rings (SSSR count). The highest BCUT2D eigenvalue weighted by Gasteiger charge is 2.18. The number of hydrogen-bond donors (Lipinski definition) is 1. The van der Waals surface area contributed by atoms with Gasteiger partial charge in [0.05, 0.1) is 0 Å². The van der Waals surface area contributed by atoms with Crippen LogP contribution in [0.25, 0.3) is 0 Å². The second-order valence-corrected chi connectivity index (χ2v) is 4.07. The van der Waals surface area contributed by atoms with Crippen LogP contribution in [0.1, 0.15) is 40.5 Å². The van der Waals surface area contributed by atoms with E-state index in [1.807, 2.05) is 0 Å². The Hall–Kier alpha value is -0.300. The summed E-state index contributed by atoms with van der Waals surface area (Å²) in [4.78, 5) is 0. The third kappa shape index (κ3) is 3.91. The molecule has 0 aliphatic rings. The maximum absolute atomic E-state index is 5.89. The van der Waals surface area contributed by atoms with Gasteiger partial charge in [-0.3, -0.25) is 0 Å². The first-order valence-electron chi connectivity index (χ1n) is 4.89. The SMILES string of the molecule is C=C(C)C[C@H](C)C(CC)C(C)N. The van der Waals surface area contributed by atoms with Crippen molar-refractivity contribution in [3.63, 3.8) is 0 Å². The van der Waals surface area contributed by atoms with E-state index >= 15 is 0 Å². The molecule has 0 radical (unpaired) electrons. The van der Waals surface area contributed by atoms with Gasteiger partial charge in [0.25, 0.3) is 0 Å². The maximum Gasteiger partial charge on any atom is 0.00413 e. The summed E-state index contributed by atoms with van der Waals surface area (Å²) in [6.45, 7) is 12.6. The summed E-state index contributed by atoms with van der Waals surface area (Å²) >= 11 is 0. The van der Waals surface area contributed by atoms with Crippen LogP contribution >= 0.6 is 0 Å². The van der Waals surface area contributed by atoms with Gasteiger partial charge in [-0.05, 0) is 32.1 Å². The summed E-state index contributed by atoms with van der Waals surface area (Å²) in [5.74, 6) is 1.31. The third-order valence-electron chi connectivity index (χ3n) is 2.55. The minimum atomic E-state index is 0.310. The zero-order chi connectivity index (χ0) is 9.72. The third-order valence-corrected chi connectivity index (χ3v) is 2.55. The Bertz CT molecular complexity index is 138. The van der Waals surface area contributed by atoms with E-state index in [0.29, 0.717) is 17.9 Å². The fraction of sp³-hybridized carbons (Fsp3) is 0.818. The monoisotopic (exact) mass is 169 g/mol. The summed E-state index contributed by atoms with van der Waals surface area (Å²) in [5.41, 5.74) is 7.16. The van der Waals surface area contributed by atoms with Crippen LogP contribution in [-0.2, 0) is 0 Å². The van der Waals surface area contributed by atoms with Gasteiger partial charge >= 0.3 is 0 Å². The molecule has 0 saturated carbocycles. The van der Waals surface area contributed by atoms with E-state index in [1.54, 1.807) is 0 Å². The summed E-state index contributed by atoms with van der Waals surface area (Å²) in [7, 11) is 0. The van der Waals surface area contributed by atoms with Crippen LogP contribution in [-0.4, -0.2) is 6.04 Å². The topological polar surface area (TPSA) is 26.0 Å². The highest BCUT2D eigenvalue weighted by molar-refractivity contribution is 4.91. The largest absolute Gasteiger partial charge is 0.328 e. The zero-order valence-electron chi connectivity index (χ0n) is 8.93. The van der Waals surface area contributed by atoms with Gasteiger partial charge in [0.15, 0.2) is 0 Å². The van der Waals surface area contributed by atoms with Crippen molar-refractivity contribution in [3.8, 4) is 0 Å². The molecule has 0 heterocycles. The first-order chi connectivity index (χ1) is 5.49. The Labute approximate surface area is 77.0 Å². The molecule has 1 nitrogen and oxygen atoms in total. The Morgan fingerprint density at radius 2 is 1.92 bits per heavy atom. The van der Waals surface area contributed by atoms with Gasteiger partial charge in [-0.15, -0.1) is 6.58 Å². The fourth-order valence-corrected chi connectivity index (χ4v) is 1.99. The molecular weight excluding hydrogens is 146 g/mol. The van der Waals surface area contributed by atoms with Crippen LogP contribution in [0.5, 0.6) is 0 Å². The number of nitrogens with two attached hydrogens (primary N) is 1. The lowest BCUT2D eigenvalue weighted by Gasteiger charge is -2.26. The first kappa shape index (κ1) is 11.7. The van der Waals surface area contributed by atoms with E-state index in [9.17, 15) is 0 Å². The molecule has 0 amide bonds. The van der Waals surface area contributed by atoms with Crippen LogP contribution in [0.4, 0.5) is 0 Å². The molecule has 0 fully saturated rings. The second-order valence-electron chi connectivity index (χ2n) is 4.07. The van der Waals surface area contributed by atoms with Crippen molar-refractivity contribution < 1.29 is 0 Å². The van der Waals surface area contributed by atoms with Gasteiger partial charge in [-0.25, -0.2) is 0 Å². The van der Waals surface area contributed by atoms with E-state index < -0.39 is 0 Å². The van der Waals surface area contributed by atoms with Crippen molar-refractivity contribution in [2.75, 3.05) is 0 Å². The minimum Gasteiger partial charge on any atom is -0.328 e. The van der Waals surface area contributed by atoms with Gasteiger partial charge in [0.1, 0.15) is 0 Å². The van der Waals surface area contributed by atoms with E-state index in [4.69, 9.17) is 5.73 Å². The van der Waals surface area contributed by atoms with Crippen molar-refractivity contribution in [3.05, 3.63) is 12.2 Å². The highest BCUT2D eigenvalue weighted by Crippen LogP contribution is 2.23. The molecule has 72 valence electrons. The molecule has 0 bridgehead atoms. The predicted octanol–water partition coefficient (Wildman–Crippen LogP) is 2.96. The maximum atomic E-state index is 5.89. The lowest BCUT2D eigenvalue weighted by atomic mass is 9.83. The van der Waals surface area contributed by atoms with E-state index in [0.717, 1.165) is 6.42 Å². The standard InChI is InChI=1S/C11H23N/c1-6-11(10(5)12)9(4)7-8(2)3/h9-11H,2,6-7,12H2,1,3-5H3/t9-,10?,11?/m0/s1. The predicted molar refractivity (Wildman–Crippen MR) is 56.0 cm³/mol. The molecule has 0 aromatic rings. The lowest BCUT2D eigenvalue weighted by molar-refractivity contribution is 0.300. The quantitative estimate of drug-likeness (QED) is 0.629. The zero-order valence-corrected chi connectivity index (χ0v) is 8.93. The Morgan fingerprint density at radius 3 is 2.17 bits per heavy atom. The summed E-state index contributed by atoms with van der Waals surface area (Å²) in [5, 5.41) is 0. The minimum absolute atomic E-state index is 0.310. The van der Waals surface area contributed by atoms with Crippen LogP contribution in [0.2, 0.25) is 0 Å². The van der Waals surface area contributed by atoms with Gasteiger partial charge < -0.3 is 5.73 Å². The van der Waals surface area contributed by atoms with E-state index in [2.05, 4.69) is 34.3 Å². The van der Waals surface area contributed by atoms with Crippen LogP contribution in [0, 0.1) is 11.8 Å². The average Bonchev–Trinajstić information content (AvgIpc) is 1.85. The molecule has 0 saturated heterocycles. The fourth-order valence-electron chi connectivity index (χ4n) is 1.99. The second kappa shape index (κ2) is 5.36. The van der Waals surface area contributed by atoms with Gasteiger partial charge in [-0.1, -0.05) is 25.8 Å². The number of rotatable bonds is 5. The summed E-state index contributed by atoms with van der Waals surface area (Å²) < 4.78 is 0. The van der Waals surface area contributed by atoms with Crippen LogP contribution in [0.3, 0.4) is 0 Å². The number of hydrogen-bond acceptors (Lipinski definition) is 1. The van der Waals surface area contributed by atoms with Gasteiger partial charge in [-0.2, -0.15) is 0 Å². The molecule has 3 atom stereocenters. The Kier molecular flexibility index (Phi) is 5.23. The van der Waals surface area contributed by atoms with Crippen molar-refractivity contribution in [2.24, 2.45) is 17.6 Å². The molecule has 12 heavy (non-hydrogen) atoms. The average molecular weight is 169 g/mol. The van der Waals surface area contributed by atoms with Crippen molar-refractivity contribution >= 4 is 0 Å². The molecule has 0 aliphatic heterocycles. The first-order valence-corrected chi connectivity index (χ1v) is 4.89. The highest BCUT2D eigenvalue weighted by atomic mass is 14.6. The summed E-state index contributed by atoms with van der Waals surface area (Å²) in [6, 6.07) is 0.310. The van der Waals surface area contributed by atoms with Gasteiger partial charge in [0, 0.05) is 6.04 Å². The molecular formula is C11H23N. The molecule has 0 aromatic carbocycles. The molecule has 2 N–H and O–H groups in total. The van der Waals surface area contributed by atoms with Crippen LogP contribution < -0.4 is 5.73 Å². The van der Waals surface area contributed by atoms with Crippen molar-refractivity contribution in [1.29, 1.82) is 0 Å². The molecule has 2 unspecified atom stereocenters. The molecule has 1 heteroatoms. The van der Waals surface area contributed by atoms with Gasteiger partial charge in [0.2, 0.25) is 0 Å². The normalized spacial score (nSPS) is 18.4. The number of allylic oxidation sites excluding steroid dienone is 1. The lowest BCUT2D eigenvalue weighted by Crippen LogP contribution is -2.31. The molecule has 0 aromatic heterocycles. The van der Waals surface area contributed by atoms with Crippen LogP contribution in [0.15, 0.2) is 12.2 Å². The molecule has 0 aliphatic carbocycles. The Morgan fingerprint density at radius 1 is 1.42 bits per heavy atom. The molecule has 0 spiro atoms. The Balaban J connectivity index is 4.02.